The number of nitrogens with zero attached hydrogens (tertiary/aromatic N) is 3. The fourth-order valence-corrected chi connectivity index (χ4v) is 2.27. The Labute approximate surface area is 120 Å². The second-order valence-corrected chi connectivity index (χ2v) is 5.85. The van der Waals surface area contributed by atoms with Crippen LogP contribution in [0.15, 0.2) is 24.5 Å². The predicted octanol–water partition coefficient (Wildman–Crippen LogP) is 2.67. The molecule has 2 aromatic rings. The van der Waals surface area contributed by atoms with Crippen molar-refractivity contribution in [2.75, 3.05) is 20.6 Å². The van der Waals surface area contributed by atoms with Crippen molar-refractivity contribution < 1.29 is 4.79 Å². The topological polar surface area (TPSA) is 37.6 Å². The van der Waals surface area contributed by atoms with Gasteiger partial charge in [-0.25, -0.2) is 4.52 Å². The molecule has 0 radical (unpaired) electrons. The number of pyridine rings is 1. The fraction of sp³-hybridized carbons (Fsp3) is 0.500. The van der Waals surface area contributed by atoms with Crippen LogP contribution in [-0.4, -0.2) is 40.9 Å². The molecule has 0 aromatic carbocycles. The van der Waals surface area contributed by atoms with Crippen LogP contribution in [0.25, 0.3) is 5.52 Å². The molecule has 4 heteroatoms. The van der Waals surface area contributed by atoms with Crippen LogP contribution >= 0.6 is 0 Å². The van der Waals surface area contributed by atoms with Crippen molar-refractivity contribution >= 4 is 11.3 Å². The number of rotatable bonds is 6. The van der Waals surface area contributed by atoms with Crippen LogP contribution in [0, 0.1) is 5.92 Å². The molecule has 0 amide bonds. The first kappa shape index (κ1) is 14.7. The van der Waals surface area contributed by atoms with Gasteiger partial charge in [-0.05, 0) is 45.1 Å². The van der Waals surface area contributed by atoms with Crippen molar-refractivity contribution in [2.24, 2.45) is 5.92 Å². The predicted molar refractivity (Wildman–Crippen MR) is 81.2 cm³/mol. The van der Waals surface area contributed by atoms with Crippen LogP contribution in [0.2, 0.25) is 0 Å². The van der Waals surface area contributed by atoms with Crippen molar-refractivity contribution in [2.45, 2.75) is 26.7 Å². The van der Waals surface area contributed by atoms with E-state index >= 15 is 0 Å². The van der Waals surface area contributed by atoms with Crippen molar-refractivity contribution in [3.8, 4) is 0 Å². The van der Waals surface area contributed by atoms with Gasteiger partial charge in [-0.2, -0.15) is 5.10 Å². The second-order valence-electron chi connectivity index (χ2n) is 5.85. The van der Waals surface area contributed by atoms with Crippen LogP contribution in [0.5, 0.6) is 0 Å². The van der Waals surface area contributed by atoms with E-state index in [1.165, 1.54) is 5.56 Å². The van der Waals surface area contributed by atoms with Gasteiger partial charge in [0.15, 0.2) is 5.78 Å². The lowest BCUT2D eigenvalue weighted by atomic mass is 10.0. The van der Waals surface area contributed by atoms with Crippen molar-refractivity contribution in [1.29, 1.82) is 0 Å². The molecular weight excluding hydrogens is 250 g/mol. The van der Waals surface area contributed by atoms with E-state index in [2.05, 4.69) is 30.2 Å². The van der Waals surface area contributed by atoms with Gasteiger partial charge in [-0.1, -0.05) is 19.9 Å². The highest BCUT2D eigenvalue weighted by Gasteiger charge is 2.15. The van der Waals surface area contributed by atoms with E-state index in [0.717, 1.165) is 30.5 Å². The monoisotopic (exact) mass is 273 g/mol. The quantitative estimate of drug-likeness (QED) is 0.759. The van der Waals surface area contributed by atoms with E-state index in [1.54, 1.807) is 6.20 Å². The number of fused-ring (bicyclic) bond motifs is 1. The summed E-state index contributed by atoms with van der Waals surface area (Å²) in [5, 5.41) is 4.31. The highest BCUT2D eigenvalue weighted by molar-refractivity contribution is 6.03. The number of hydrogen-bond acceptors (Lipinski definition) is 3. The smallest absolute Gasteiger partial charge is 0.169 e. The Balaban J connectivity index is 2.18. The molecular formula is C16H23N3O. The van der Waals surface area contributed by atoms with Crippen LogP contribution < -0.4 is 0 Å². The lowest BCUT2D eigenvalue weighted by Gasteiger charge is -2.09. The van der Waals surface area contributed by atoms with Crippen LogP contribution in [0.4, 0.5) is 0 Å². The van der Waals surface area contributed by atoms with Gasteiger partial charge >= 0.3 is 0 Å². The number of carbonyl (C=O) groups is 1. The van der Waals surface area contributed by atoms with Crippen LogP contribution in [-0.2, 0) is 6.42 Å². The molecule has 0 bridgehead atoms. The van der Waals surface area contributed by atoms with Gasteiger partial charge in [-0.15, -0.1) is 0 Å². The van der Waals surface area contributed by atoms with E-state index < -0.39 is 0 Å². The molecule has 2 rings (SSSR count). The Morgan fingerprint density at radius 3 is 2.75 bits per heavy atom. The molecule has 4 nitrogen and oxygen atoms in total. The molecule has 2 aromatic heterocycles. The Morgan fingerprint density at radius 2 is 2.10 bits per heavy atom. The molecule has 108 valence electrons. The van der Waals surface area contributed by atoms with Crippen molar-refractivity contribution in [3.63, 3.8) is 0 Å². The van der Waals surface area contributed by atoms with Gasteiger partial charge in [0.2, 0.25) is 0 Å². The Kier molecular flexibility index (Phi) is 4.55. The SMILES string of the molecule is CC(C)C(=O)c1cnn2cc(CCCN(C)C)ccc12. The molecule has 0 saturated carbocycles. The van der Waals surface area contributed by atoms with Crippen molar-refractivity contribution in [3.05, 3.63) is 35.7 Å². The zero-order valence-corrected chi connectivity index (χ0v) is 12.8. The molecule has 0 spiro atoms. The van der Waals surface area contributed by atoms with Crippen LogP contribution in [0.3, 0.4) is 0 Å². The minimum absolute atomic E-state index is 0.00256. The Morgan fingerprint density at radius 1 is 1.35 bits per heavy atom. The summed E-state index contributed by atoms with van der Waals surface area (Å²) in [5.41, 5.74) is 2.88. The van der Waals surface area contributed by atoms with E-state index in [1.807, 2.05) is 30.6 Å². The average Bonchev–Trinajstić information content (AvgIpc) is 2.80. The maximum atomic E-state index is 12.1. The van der Waals surface area contributed by atoms with E-state index in [0.29, 0.717) is 0 Å². The first-order chi connectivity index (χ1) is 9.49. The maximum Gasteiger partial charge on any atom is 0.169 e. The molecule has 20 heavy (non-hydrogen) atoms. The van der Waals surface area contributed by atoms with E-state index in [4.69, 9.17) is 0 Å². The molecule has 2 heterocycles. The standard InChI is InChI=1S/C16H23N3O/c1-12(2)16(20)14-10-17-19-11-13(7-8-15(14)19)6-5-9-18(3)4/h7-8,10-12H,5-6,9H2,1-4H3. The molecule has 0 unspecified atom stereocenters. The number of ketones is 1. The zero-order chi connectivity index (χ0) is 14.7. The summed E-state index contributed by atoms with van der Waals surface area (Å²) in [7, 11) is 4.17. The number of Topliss-reactive ketones (excluding diaryl/α,β-unsaturated/α-hetero) is 1. The van der Waals surface area contributed by atoms with E-state index in [-0.39, 0.29) is 11.7 Å². The third kappa shape index (κ3) is 3.25. The third-order valence-corrected chi connectivity index (χ3v) is 3.44. The lowest BCUT2D eigenvalue weighted by molar-refractivity contribution is 0.0941. The number of carbonyl (C=O) groups excluding carboxylic acids is 1. The van der Waals surface area contributed by atoms with E-state index in [9.17, 15) is 4.79 Å². The summed E-state index contributed by atoms with van der Waals surface area (Å²) in [6, 6.07) is 4.11. The third-order valence-electron chi connectivity index (χ3n) is 3.44. The zero-order valence-electron chi connectivity index (χ0n) is 12.8. The van der Waals surface area contributed by atoms with Gasteiger partial charge in [0, 0.05) is 12.1 Å². The minimum Gasteiger partial charge on any atom is -0.309 e. The Hall–Kier alpha value is -1.68. The number of aryl methyl sites for hydroxylation is 1. The largest absolute Gasteiger partial charge is 0.309 e. The molecule has 0 aliphatic carbocycles. The second kappa shape index (κ2) is 6.18. The molecule has 0 aliphatic rings. The summed E-state index contributed by atoms with van der Waals surface area (Å²) in [6.07, 6.45) is 5.86. The molecule has 0 aliphatic heterocycles. The van der Waals surface area contributed by atoms with Gasteiger partial charge in [0.25, 0.3) is 0 Å². The molecule has 0 N–H and O–H groups in total. The Bertz CT molecular complexity index is 599. The summed E-state index contributed by atoms with van der Waals surface area (Å²) in [4.78, 5) is 14.3. The van der Waals surface area contributed by atoms with Gasteiger partial charge in [0.1, 0.15) is 0 Å². The summed E-state index contributed by atoms with van der Waals surface area (Å²) in [6.45, 7) is 4.91. The van der Waals surface area contributed by atoms with Crippen molar-refractivity contribution in [1.82, 2.24) is 14.5 Å². The number of hydrogen-bond donors (Lipinski definition) is 0. The van der Waals surface area contributed by atoms with Crippen LogP contribution in [0.1, 0.15) is 36.2 Å². The highest BCUT2D eigenvalue weighted by atomic mass is 16.1. The molecule has 0 fully saturated rings. The highest BCUT2D eigenvalue weighted by Crippen LogP contribution is 2.16. The van der Waals surface area contributed by atoms with Gasteiger partial charge in [0.05, 0.1) is 17.3 Å². The molecule has 0 atom stereocenters. The number of aromatic nitrogens is 2. The summed E-state index contributed by atoms with van der Waals surface area (Å²) in [5.74, 6) is 0.156. The summed E-state index contributed by atoms with van der Waals surface area (Å²) < 4.78 is 1.82. The summed E-state index contributed by atoms with van der Waals surface area (Å²) >= 11 is 0. The average molecular weight is 273 g/mol. The lowest BCUT2D eigenvalue weighted by Crippen LogP contribution is -2.13. The maximum absolute atomic E-state index is 12.1. The minimum atomic E-state index is 0.00256. The fourth-order valence-electron chi connectivity index (χ4n) is 2.27. The normalized spacial score (nSPS) is 11.7. The first-order valence-corrected chi connectivity index (χ1v) is 7.14. The first-order valence-electron chi connectivity index (χ1n) is 7.14. The molecule has 0 saturated heterocycles. The van der Waals surface area contributed by atoms with Gasteiger partial charge in [-0.3, -0.25) is 4.79 Å². The van der Waals surface area contributed by atoms with Gasteiger partial charge < -0.3 is 4.90 Å².